The van der Waals surface area contributed by atoms with E-state index >= 15 is 0 Å². The summed E-state index contributed by atoms with van der Waals surface area (Å²) >= 11 is 0. The predicted molar refractivity (Wildman–Crippen MR) is 93.2 cm³/mol. The molecule has 1 heterocycles. The van der Waals surface area contributed by atoms with Crippen LogP contribution in [0.4, 0.5) is 6.01 Å². The Balaban J connectivity index is 1.74. The third kappa shape index (κ3) is 3.65. The van der Waals surface area contributed by atoms with Crippen molar-refractivity contribution in [3.05, 3.63) is 48.0 Å². The first-order chi connectivity index (χ1) is 12.2. The Labute approximate surface area is 145 Å². The summed E-state index contributed by atoms with van der Waals surface area (Å²) < 4.78 is 21.1. The van der Waals surface area contributed by atoms with Gasteiger partial charge in [-0.1, -0.05) is 23.4 Å². The van der Waals surface area contributed by atoms with Crippen LogP contribution in [0.2, 0.25) is 0 Å². The number of hydrogen-bond donors (Lipinski definition) is 1. The first kappa shape index (κ1) is 16.6. The molecule has 0 saturated heterocycles. The Morgan fingerprint density at radius 1 is 0.960 bits per heavy atom. The second-order valence-corrected chi connectivity index (χ2v) is 5.17. The van der Waals surface area contributed by atoms with E-state index in [1.807, 2.05) is 42.5 Å². The number of rotatable bonds is 7. The Morgan fingerprint density at radius 3 is 2.44 bits per heavy atom. The number of nitrogens with one attached hydrogen (secondary N) is 1. The molecule has 0 aliphatic rings. The van der Waals surface area contributed by atoms with Crippen molar-refractivity contribution < 1.29 is 18.7 Å². The maximum atomic E-state index is 5.40. The highest BCUT2D eigenvalue weighted by atomic mass is 16.5. The molecule has 0 unspecified atom stereocenters. The number of hydrogen-bond acceptors (Lipinski definition) is 7. The van der Waals surface area contributed by atoms with Crippen LogP contribution in [0.1, 0.15) is 5.56 Å². The van der Waals surface area contributed by atoms with Gasteiger partial charge >= 0.3 is 6.01 Å². The van der Waals surface area contributed by atoms with E-state index in [2.05, 4.69) is 15.5 Å². The molecule has 0 spiro atoms. The smallest absolute Gasteiger partial charge is 0.322 e. The minimum absolute atomic E-state index is 0.329. The Bertz CT molecular complexity index is 831. The lowest BCUT2D eigenvalue weighted by atomic mass is 10.2. The highest BCUT2D eigenvalue weighted by Crippen LogP contribution is 2.36. The molecular weight excluding hydrogens is 322 g/mol. The van der Waals surface area contributed by atoms with Crippen molar-refractivity contribution in [2.24, 2.45) is 0 Å². The fourth-order valence-electron chi connectivity index (χ4n) is 2.39. The van der Waals surface area contributed by atoms with Gasteiger partial charge in [-0.3, -0.25) is 0 Å². The number of ether oxygens (including phenoxy) is 3. The fourth-order valence-corrected chi connectivity index (χ4v) is 2.39. The summed E-state index contributed by atoms with van der Waals surface area (Å²) in [7, 11) is 4.80. The average Bonchev–Trinajstić information content (AvgIpc) is 3.14. The zero-order valence-corrected chi connectivity index (χ0v) is 14.3. The minimum Gasteiger partial charge on any atom is -0.497 e. The number of methoxy groups -OCH3 is 3. The molecule has 1 aromatic heterocycles. The Morgan fingerprint density at radius 2 is 1.76 bits per heavy atom. The van der Waals surface area contributed by atoms with Crippen LogP contribution in [0.3, 0.4) is 0 Å². The molecule has 25 heavy (non-hydrogen) atoms. The van der Waals surface area contributed by atoms with Gasteiger partial charge in [-0.2, -0.15) is 4.98 Å². The van der Waals surface area contributed by atoms with Gasteiger partial charge < -0.3 is 24.1 Å². The quantitative estimate of drug-likeness (QED) is 0.706. The average molecular weight is 341 g/mol. The molecule has 0 bridgehead atoms. The summed E-state index contributed by atoms with van der Waals surface area (Å²) in [5.74, 6) is 2.41. The molecule has 0 aliphatic heterocycles. The standard InChI is InChI=1S/C18H19N3O4/c1-22-13-9-7-12(8-10-13)11-19-18-20-17(21-25-18)14-5-4-6-15(23-2)16(14)24-3/h4-10H,11H2,1-3H3,(H,19,20,21). The van der Waals surface area contributed by atoms with Crippen LogP contribution >= 0.6 is 0 Å². The number of benzene rings is 2. The molecule has 2 aromatic carbocycles. The molecule has 0 radical (unpaired) electrons. The van der Waals surface area contributed by atoms with Crippen LogP contribution in [-0.4, -0.2) is 31.5 Å². The van der Waals surface area contributed by atoms with Crippen molar-refractivity contribution in [2.75, 3.05) is 26.6 Å². The van der Waals surface area contributed by atoms with Crippen molar-refractivity contribution in [3.63, 3.8) is 0 Å². The van der Waals surface area contributed by atoms with E-state index in [-0.39, 0.29) is 0 Å². The predicted octanol–water partition coefficient (Wildman–Crippen LogP) is 3.37. The van der Waals surface area contributed by atoms with Crippen LogP contribution in [0, 0.1) is 0 Å². The van der Waals surface area contributed by atoms with Crippen molar-refractivity contribution >= 4 is 6.01 Å². The van der Waals surface area contributed by atoms with E-state index in [1.54, 1.807) is 21.3 Å². The van der Waals surface area contributed by atoms with Crippen LogP contribution < -0.4 is 19.5 Å². The van der Waals surface area contributed by atoms with Gasteiger partial charge in [0.25, 0.3) is 0 Å². The zero-order chi connectivity index (χ0) is 17.6. The van der Waals surface area contributed by atoms with E-state index in [0.29, 0.717) is 35.4 Å². The van der Waals surface area contributed by atoms with Gasteiger partial charge in [-0.05, 0) is 29.8 Å². The molecule has 1 N–H and O–H groups in total. The number of para-hydroxylation sites is 1. The van der Waals surface area contributed by atoms with E-state index in [4.69, 9.17) is 18.7 Å². The van der Waals surface area contributed by atoms with Crippen molar-refractivity contribution in [1.29, 1.82) is 0 Å². The van der Waals surface area contributed by atoms with Crippen LogP contribution in [0.5, 0.6) is 17.2 Å². The highest BCUT2D eigenvalue weighted by molar-refractivity contribution is 5.68. The lowest BCUT2D eigenvalue weighted by molar-refractivity contribution is 0.355. The maximum Gasteiger partial charge on any atom is 0.322 e. The summed E-state index contributed by atoms with van der Waals surface area (Å²) in [6.07, 6.45) is 0. The van der Waals surface area contributed by atoms with Gasteiger partial charge in [0.1, 0.15) is 5.75 Å². The monoisotopic (exact) mass is 341 g/mol. The van der Waals surface area contributed by atoms with Gasteiger partial charge in [0.05, 0.1) is 26.9 Å². The number of anilines is 1. The fraction of sp³-hybridized carbons (Fsp3) is 0.222. The number of aromatic nitrogens is 2. The molecule has 0 amide bonds. The van der Waals surface area contributed by atoms with Crippen LogP contribution in [0.25, 0.3) is 11.4 Å². The minimum atomic E-state index is 0.329. The molecular formula is C18H19N3O4. The van der Waals surface area contributed by atoms with Crippen molar-refractivity contribution in [2.45, 2.75) is 6.54 Å². The lowest BCUT2D eigenvalue weighted by Crippen LogP contribution is -1.99. The van der Waals surface area contributed by atoms with E-state index in [0.717, 1.165) is 11.3 Å². The van der Waals surface area contributed by atoms with Crippen LogP contribution in [-0.2, 0) is 6.54 Å². The summed E-state index contributed by atoms with van der Waals surface area (Å²) in [5, 5.41) is 7.11. The normalized spacial score (nSPS) is 10.4. The van der Waals surface area contributed by atoms with Crippen LogP contribution in [0.15, 0.2) is 47.0 Å². The third-order valence-corrected chi connectivity index (χ3v) is 3.67. The molecule has 0 fully saturated rings. The van der Waals surface area contributed by atoms with Crippen molar-refractivity contribution in [3.8, 4) is 28.6 Å². The van der Waals surface area contributed by atoms with E-state index < -0.39 is 0 Å². The van der Waals surface area contributed by atoms with E-state index in [1.165, 1.54) is 0 Å². The molecule has 0 aliphatic carbocycles. The summed E-state index contributed by atoms with van der Waals surface area (Å²) in [5.41, 5.74) is 1.77. The first-order valence-electron chi connectivity index (χ1n) is 7.67. The number of nitrogens with zero attached hydrogens (tertiary/aromatic N) is 2. The second kappa shape index (κ2) is 7.57. The Hall–Kier alpha value is -3.22. The molecule has 3 aromatic rings. The molecule has 7 heteroatoms. The van der Waals surface area contributed by atoms with Gasteiger partial charge in [-0.25, -0.2) is 0 Å². The molecule has 0 atom stereocenters. The lowest BCUT2D eigenvalue weighted by Gasteiger charge is -2.09. The van der Waals surface area contributed by atoms with Gasteiger partial charge in [0, 0.05) is 6.54 Å². The zero-order valence-electron chi connectivity index (χ0n) is 14.3. The second-order valence-electron chi connectivity index (χ2n) is 5.17. The summed E-state index contributed by atoms with van der Waals surface area (Å²) in [6.45, 7) is 0.556. The topological polar surface area (TPSA) is 78.6 Å². The summed E-state index contributed by atoms with van der Waals surface area (Å²) in [4.78, 5) is 4.36. The SMILES string of the molecule is COc1ccc(CNc2nc(-c3cccc(OC)c3OC)no2)cc1. The third-order valence-electron chi connectivity index (χ3n) is 3.67. The highest BCUT2D eigenvalue weighted by Gasteiger charge is 2.16. The largest absolute Gasteiger partial charge is 0.497 e. The molecule has 3 rings (SSSR count). The first-order valence-corrected chi connectivity index (χ1v) is 7.67. The maximum absolute atomic E-state index is 5.40. The molecule has 130 valence electrons. The van der Waals surface area contributed by atoms with E-state index in [9.17, 15) is 0 Å². The van der Waals surface area contributed by atoms with Crippen molar-refractivity contribution in [1.82, 2.24) is 10.1 Å². The van der Waals surface area contributed by atoms with Gasteiger partial charge in [-0.15, -0.1) is 0 Å². The van der Waals surface area contributed by atoms with Gasteiger partial charge in [0.15, 0.2) is 11.5 Å². The summed E-state index contributed by atoms with van der Waals surface area (Å²) in [6, 6.07) is 13.6. The van der Waals surface area contributed by atoms with Gasteiger partial charge in [0.2, 0.25) is 5.82 Å². The molecule has 7 nitrogen and oxygen atoms in total. The Kier molecular flexibility index (Phi) is 5.03. The molecule has 0 saturated carbocycles.